The molecule has 0 spiro atoms. The molecule has 2 aromatic heterocycles. The van der Waals surface area contributed by atoms with Gasteiger partial charge in [-0.3, -0.25) is 14.3 Å². The normalized spacial score (nSPS) is 18.3. The van der Waals surface area contributed by atoms with Crippen molar-refractivity contribution in [3.8, 4) is 11.4 Å². The van der Waals surface area contributed by atoms with E-state index in [1.165, 1.54) is 37.7 Å². The Balaban J connectivity index is 1.50. The van der Waals surface area contributed by atoms with Crippen molar-refractivity contribution >= 4 is 32.7 Å². The van der Waals surface area contributed by atoms with Crippen LogP contribution in [0.2, 0.25) is 0 Å². The molecule has 9 heteroatoms. The first-order chi connectivity index (χ1) is 16.4. The fourth-order valence-corrected chi connectivity index (χ4v) is 6.50. The molecule has 34 heavy (non-hydrogen) atoms. The summed E-state index contributed by atoms with van der Waals surface area (Å²) in [5.74, 6) is 0.443. The van der Waals surface area contributed by atoms with Crippen molar-refractivity contribution in [2.45, 2.75) is 63.5 Å². The zero-order valence-electron chi connectivity index (χ0n) is 19.8. The molecular weight excluding hydrogens is 498 g/mol. The fraction of sp³-hybridized carbons (Fsp3) is 0.560. The lowest BCUT2D eigenvalue weighted by Gasteiger charge is -2.35. The maximum atomic E-state index is 13.4. The lowest BCUT2D eigenvalue weighted by molar-refractivity contribution is -0.133. The van der Waals surface area contributed by atoms with Gasteiger partial charge in [0.25, 0.3) is 0 Å². The Hall–Kier alpha value is -2.39. The molecule has 3 aromatic rings. The number of piperidine rings is 1. The fourth-order valence-electron chi connectivity index (χ4n) is 5.65. The van der Waals surface area contributed by atoms with Crippen molar-refractivity contribution < 1.29 is 9.32 Å². The van der Waals surface area contributed by atoms with E-state index in [1.807, 2.05) is 17.0 Å². The average Bonchev–Trinajstić information content (AvgIpc) is 3.40. The highest BCUT2D eigenvalue weighted by Gasteiger charge is 2.28. The van der Waals surface area contributed by atoms with E-state index in [-0.39, 0.29) is 12.5 Å². The van der Waals surface area contributed by atoms with Crippen LogP contribution >= 0.6 is 15.9 Å². The summed E-state index contributed by atoms with van der Waals surface area (Å²) in [6.07, 6.45) is 8.11. The maximum absolute atomic E-state index is 13.4. The number of halogens is 1. The van der Waals surface area contributed by atoms with Gasteiger partial charge in [0.15, 0.2) is 5.82 Å². The summed E-state index contributed by atoms with van der Waals surface area (Å²) in [6.45, 7) is 1.87. The SMILES string of the molecule is CN(C)C1CCN(C(=O)Cn2c(Br)c(C3CCCCC3)c3ccc(-c4noc(=O)[nH]4)cc32)CC1. The zero-order valence-corrected chi connectivity index (χ0v) is 21.4. The molecule has 1 N–H and O–H groups in total. The van der Waals surface area contributed by atoms with E-state index in [0.717, 1.165) is 47.0 Å². The number of H-pyrrole nitrogens is 1. The number of rotatable bonds is 5. The molecule has 1 saturated carbocycles. The predicted molar refractivity (Wildman–Crippen MR) is 135 cm³/mol. The van der Waals surface area contributed by atoms with Crippen molar-refractivity contribution in [3.63, 3.8) is 0 Å². The molecule has 2 aliphatic rings. The van der Waals surface area contributed by atoms with Gasteiger partial charge in [-0.2, -0.15) is 0 Å². The van der Waals surface area contributed by atoms with Crippen LogP contribution in [0.5, 0.6) is 0 Å². The maximum Gasteiger partial charge on any atom is 0.439 e. The third kappa shape index (κ3) is 4.47. The van der Waals surface area contributed by atoms with Gasteiger partial charge >= 0.3 is 5.76 Å². The van der Waals surface area contributed by atoms with E-state index in [9.17, 15) is 9.59 Å². The number of nitrogens with one attached hydrogen (secondary N) is 1. The average molecular weight is 530 g/mol. The van der Waals surface area contributed by atoms with Crippen molar-refractivity contribution in [2.24, 2.45) is 0 Å². The molecule has 0 radical (unpaired) electrons. The molecule has 2 fully saturated rings. The number of amides is 1. The summed E-state index contributed by atoms with van der Waals surface area (Å²) >= 11 is 3.89. The number of fused-ring (bicyclic) bond motifs is 1. The van der Waals surface area contributed by atoms with E-state index in [2.05, 4.69) is 55.7 Å². The van der Waals surface area contributed by atoms with Gasteiger partial charge < -0.3 is 14.4 Å². The topological polar surface area (TPSA) is 87.4 Å². The molecule has 0 bridgehead atoms. The van der Waals surface area contributed by atoms with Crippen molar-refractivity contribution in [1.29, 1.82) is 0 Å². The number of nitrogens with zero attached hydrogens (tertiary/aromatic N) is 4. The monoisotopic (exact) mass is 529 g/mol. The van der Waals surface area contributed by atoms with Gasteiger partial charge in [-0.15, -0.1) is 0 Å². The van der Waals surface area contributed by atoms with Crippen LogP contribution in [0.1, 0.15) is 56.4 Å². The molecule has 5 rings (SSSR count). The summed E-state index contributed by atoms with van der Waals surface area (Å²) in [6, 6.07) is 6.60. The molecule has 3 heterocycles. The number of aromatic nitrogens is 3. The predicted octanol–water partition coefficient (Wildman–Crippen LogP) is 4.35. The van der Waals surface area contributed by atoms with Crippen LogP contribution in [0.4, 0.5) is 0 Å². The third-order valence-corrected chi connectivity index (χ3v) is 8.46. The summed E-state index contributed by atoms with van der Waals surface area (Å²) in [5.41, 5.74) is 3.04. The highest BCUT2D eigenvalue weighted by Crippen LogP contribution is 2.43. The number of benzene rings is 1. The minimum absolute atomic E-state index is 0.144. The van der Waals surface area contributed by atoms with Crippen LogP contribution in [-0.2, 0) is 11.3 Å². The second-order valence-corrected chi connectivity index (χ2v) is 10.6. The standard InChI is InChI=1S/C25H32BrN5O3/c1-29(2)18-10-12-30(13-11-18)21(32)15-31-20-14-17(24-27-25(33)34-28-24)8-9-19(20)22(23(31)26)16-6-4-3-5-7-16/h8-9,14,16,18H,3-7,10-13,15H2,1-2H3,(H,27,28,33). The van der Waals surface area contributed by atoms with Gasteiger partial charge in [-0.1, -0.05) is 36.6 Å². The Morgan fingerprint density at radius 3 is 2.56 bits per heavy atom. The number of carbonyl (C=O) groups excluding carboxylic acids is 1. The van der Waals surface area contributed by atoms with Gasteiger partial charge in [-0.25, -0.2) is 4.79 Å². The first-order valence-corrected chi connectivity index (χ1v) is 13.0. The van der Waals surface area contributed by atoms with E-state index in [1.54, 1.807) is 0 Å². The smallest absolute Gasteiger partial charge is 0.341 e. The largest absolute Gasteiger partial charge is 0.439 e. The Morgan fingerprint density at radius 2 is 1.91 bits per heavy atom. The summed E-state index contributed by atoms with van der Waals surface area (Å²) in [4.78, 5) is 31.8. The van der Waals surface area contributed by atoms with Crippen molar-refractivity contribution in [3.05, 3.63) is 38.9 Å². The molecule has 1 saturated heterocycles. The van der Waals surface area contributed by atoms with Gasteiger partial charge in [0.1, 0.15) is 6.54 Å². The molecule has 0 unspecified atom stereocenters. The minimum Gasteiger partial charge on any atom is -0.341 e. The Morgan fingerprint density at radius 1 is 1.18 bits per heavy atom. The van der Waals surface area contributed by atoms with Crippen LogP contribution in [-0.4, -0.2) is 63.6 Å². The molecular formula is C25H32BrN5O3. The number of hydrogen-bond acceptors (Lipinski definition) is 5. The molecule has 1 amide bonds. The van der Waals surface area contributed by atoms with Gasteiger partial charge in [0, 0.05) is 30.1 Å². The van der Waals surface area contributed by atoms with Gasteiger partial charge in [-0.05, 0) is 73.3 Å². The summed E-state index contributed by atoms with van der Waals surface area (Å²) in [5, 5.41) is 5.01. The molecule has 1 aromatic carbocycles. The molecule has 8 nitrogen and oxygen atoms in total. The quantitative estimate of drug-likeness (QED) is 0.530. The van der Waals surface area contributed by atoms with E-state index < -0.39 is 5.76 Å². The number of aromatic amines is 1. The van der Waals surface area contributed by atoms with Gasteiger partial charge in [0.2, 0.25) is 5.91 Å². The third-order valence-electron chi connectivity index (χ3n) is 7.61. The summed E-state index contributed by atoms with van der Waals surface area (Å²) in [7, 11) is 4.22. The van der Waals surface area contributed by atoms with Crippen LogP contribution in [0.25, 0.3) is 22.3 Å². The van der Waals surface area contributed by atoms with Crippen LogP contribution < -0.4 is 5.76 Å². The van der Waals surface area contributed by atoms with Crippen molar-refractivity contribution in [2.75, 3.05) is 27.2 Å². The minimum atomic E-state index is -0.578. The van der Waals surface area contributed by atoms with E-state index in [4.69, 9.17) is 4.52 Å². The Kier molecular flexibility index (Phi) is 6.66. The molecule has 0 atom stereocenters. The summed E-state index contributed by atoms with van der Waals surface area (Å²) < 4.78 is 7.81. The second-order valence-electron chi connectivity index (χ2n) is 9.88. The molecule has 1 aliphatic heterocycles. The first kappa shape index (κ1) is 23.4. The van der Waals surface area contributed by atoms with Crippen LogP contribution in [0.3, 0.4) is 0 Å². The van der Waals surface area contributed by atoms with Crippen LogP contribution in [0.15, 0.2) is 32.1 Å². The lowest BCUT2D eigenvalue weighted by atomic mass is 9.84. The lowest BCUT2D eigenvalue weighted by Crippen LogP contribution is -2.45. The number of likely N-dealkylation sites (tertiary alicyclic amines) is 1. The van der Waals surface area contributed by atoms with E-state index in [0.29, 0.717) is 17.8 Å². The molecule has 182 valence electrons. The zero-order chi connectivity index (χ0) is 23.8. The Bertz CT molecular complexity index is 1230. The van der Waals surface area contributed by atoms with Gasteiger partial charge in [0.05, 0.1) is 10.1 Å². The first-order valence-electron chi connectivity index (χ1n) is 12.2. The number of carbonyl (C=O) groups is 1. The van der Waals surface area contributed by atoms with Crippen molar-refractivity contribution in [1.82, 2.24) is 24.5 Å². The molecule has 1 aliphatic carbocycles. The second kappa shape index (κ2) is 9.70. The number of hydrogen-bond donors (Lipinski definition) is 1. The van der Waals surface area contributed by atoms with Crippen LogP contribution in [0, 0.1) is 0 Å². The Labute approximate surface area is 207 Å². The highest BCUT2D eigenvalue weighted by molar-refractivity contribution is 9.10. The van der Waals surface area contributed by atoms with E-state index >= 15 is 0 Å². The highest BCUT2D eigenvalue weighted by atomic mass is 79.9.